The summed E-state index contributed by atoms with van der Waals surface area (Å²) in [5.41, 5.74) is 0. The summed E-state index contributed by atoms with van der Waals surface area (Å²) in [7, 11) is 0. The third kappa shape index (κ3) is 6.91. The summed E-state index contributed by atoms with van der Waals surface area (Å²) in [5, 5.41) is 19.8. The van der Waals surface area contributed by atoms with Gasteiger partial charge in [-0.2, -0.15) is 0 Å². The van der Waals surface area contributed by atoms with Crippen LogP contribution in [0.4, 0.5) is 0 Å². The fourth-order valence-electron chi connectivity index (χ4n) is 1.90. The van der Waals surface area contributed by atoms with Crippen LogP contribution in [0.2, 0.25) is 0 Å². The molecule has 0 aliphatic heterocycles. The number of aliphatic hydroxyl groups is 2. The van der Waals surface area contributed by atoms with E-state index in [1.807, 2.05) is 48.5 Å². The molecule has 0 spiro atoms. The van der Waals surface area contributed by atoms with Crippen molar-refractivity contribution in [3.63, 3.8) is 0 Å². The molecule has 2 rings (SSSR count). The number of aliphatic hydroxyl groups excluding tert-OH is 2. The molecule has 0 amide bonds. The van der Waals surface area contributed by atoms with E-state index in [4.69, 9.17) is 9.47 Å². The largest absolute Gasteiger partial charge is 0.491 e. The number of hydrogen-bond donors (Lipinski definition) is 2. The predicted octanol–water partition coefficient (Wildman–Crippen LogP) is 3.78. The highest BCUT2D eigenvalue weighted by molar-refractivity contribution is 9.10. The molecule has 2 unspecified atom stereocenters. The topological polar surface area (TPSA) is 58.9 Å². The lowest BCUT2D eigenvalue weighted by molar-refractivity contribution is 0.0284. The Balaban J connectivity index is 1.68. The Morgan fingerprint density at radius 3 is 1.39 bits per heavy atom. The quantitative estimate of drug-likeness (QED) is 0.649. The zero-order chi connectivity index (χ0) is 16.7. The van der Waals surface area contributed by atoms with Gasteiger partial charge in [-0.3, -0.25) is 0 Å². The second-order valence-electron chi connectivity index (χ2n) is 5.07. The van der Waals surface area contributed by atoms with Gasteiger partial charge in [-0.05, 0) is 48.5 Å². The Kier molecular flexibility index (Phi) is 7.36. The Hall–Kier alpha value is -1.08. The van der Waals surface area contributed by atoms with Crippen LogP contribution in [0.5, 0.6) is 11.5 Å². The van der Waals surface area contributed by atoms with Gasteiger partial charge in [-0.15, -0.1) is 0 Å². The summed E-state index contributed by atoms with van der Waals surface area (Å²) in [4.78, 5) is 0. The van der Waals surface area contributed by atoms with Gasteiger partial charge in [0.1, 0.15) is 24.7 Å². The second kappa shape index (κ2) is 9.27. The van der Waals surface area contributed by atoms with Crippen molar-refractivity contribution in [3.05, 3.63) is 57.5 Å². The molecule has 0 fully saturated rings. The molecule has 0 bridgehead atoms. The van der Waals surface area contributed by atoms with Gasteiger partial charge in [0.2, 0.25) is 0 Å². The van der Waals surface area contributed by atoms with Crippen molar-refractivity contribution in [2.24, 2.45) is 0 Å². The summed E-state index contributed by atoms with van der Waals surface area (Å²) < 4.78 is 12.9. The number of rotatable bonds is 8. The summed E-state index contributed by atoms with van der Waals surface area (Å²) >= 11 is 6.69. The van der Waals surface area contributed by atoms with Crippen molar-refractivity contribution in [1.82, 2.24) is 0 Å². The number of halogens is 2. The first kappa shape index (κ1) is 18.3. The molecule has 0 aromatic heterocycles. The maximum Gasteiger partial charge on any atom is 0.119 e. The lowest BCUT2D eigenvalue weighted by Crippen LogP contribution is -2.27. The zero-order valence-corrected chi connectivity index (χ0v) is 15.5. The first-order chi connectivity index (χ1) is 11.0. The molecule has 23 heavy (non-hydrogen) atoms. The third-order valence-corrected chi connectivity index (χ3v) is 4.11. The minimum Gasteiger partial charge on any atom is -0.491 e. The maximum atomic E-state index is 9.91. The van der Waals surface area contributed by atoms with Crippen molar-refractivity contribution in [2.75, 3.05) is 13.2 Å². The Bertz CT molecular complexity index is 533. The van der Waals surface area contributed by atoms with Gasteiger partial charge < -0.3 is 19.7 Å². The van der Waals surface area contributed by atoms with Crippen molar-refractivity contribution in [3.8, 4) is 11.5 Å². The van der Waals surface area contributed by atoms with Crippen LogP contribution in [0, 0.1) is 0 Å². The van der Waals surface area contributed by atoms with Gasteiger partial charge in [-0.1, -0.05) is 31.9 Å². The van der Waals surface area contributed by atoms with E-state index in [-0.39, 0.29) is 19.6 Å². The second-order valence-corrected chi connectivity index (χ2v) is 6.90. The monoisotopic (exact) mass is 444 g/mol. The van der Waals surface area contributed by atoms with E-state index in [0.717, 1.165) is 8.95 Å². The van der Waals surface area contributed by atoms with E-state index >= 15 is 0 Å². The van der Waals surface area contributed by atoms with Gasteiger partial charge in [0, 0.05) is 15.4 Å². The van der Waals surface area contributed by atoms with E-state index in [1.165, 1.54) is 0 Å². The first-order valence-corrected chi connectivity index (χ1v) is 8.74. The van der Waals surface area contributed by atoms with Crippen LogP contribution in [0.1, 0.15) is 6.42 Å². The smallest absolute Gasteiger partial charge is 0.119 e. The Morgan fingerprint density at radius 1 is 0.696 bits per heavy atom. The van der Waals surface area contributed by atoms with Gasteiger partial charge >= 0.3 is 0 Å². The normalized spacial score (nSPS) is 13.4. The summed E-state index contributed by atoms with van der Waals surface area (Å²) in [6, 6.07) is 14.7. The van der Waals surface area contributed by atoms with Crippen LogP contribution in [0.3, 0.4) is 0 Å². The summed E-state index contributed by atoms with van der Waals surface area (Å²) in [6.07, 6.45) is -1.34. The lowest BCUT2D eigenvalue weighted by atomic mass is 10.2. The minimum absolute atomic E-state index is 0.122. The number of benzene rings is 2. The van der Waals surface area contributed by atoms with E-state index in [9.17, 15) is 10.2 Å². The Morgan fingerprint density at radius 2 is 1.04 bits per heavy atom. The summed E-state index contributed by atoms with van der Waals surface area (Å²) in [5.74, 6) is 1.35. The molecule has 0 aliphatic carbocycles. The lowest BCUT2D eigenvalue weighted by Gasteiger charge is -2.17. The molecule has 2 atom stereocenters. The van der Waals surface area contributed by atoms with Gasteiger partial charge in [0.15, 0.2) is 0 Å². The average molecular weight is 446 g/mol. The SMILES string of the molecule is OC(COc1ccc(Br)cc1)CC(O)COc1ccc(Br)cc1. The highest BCUT2D eigenvalue weighted by Gasteiger charge is 2.13. The third-order valence-electron chi connectivity index (χ3n) is 3.06. The molecular weight excluding hydrogens is 428 g/mol. The average Bonchev–Trinajstić information content (AvgIpc) is 2.54. The molecule has 0 heterocycles. The molecule has 6 heteroatoms. The van der Waals surface area contributed by atoms with Gasteiger partial charge in [0.25, 0.3) is 0 Å². The van der Waals surface area contributed by atoms with E-state index in [1.54, 1.807) is 0 Å². The number of hydrogen-bond acceptors (Lipinski definition) is 4. The molecule has 0 aliphatic rings. The highest BCUT2D eigenvalue weighted by Crippen LogP contribution is 2.18. The van der Waals surface area contributed by atoms with Crippen molar-refractivity contribution in [2.45, 2.75) is 18.6 Å². The van der Waals surface area contributed by atoms with E-state index < -0.39 is 12.2 Å². The molecule has 2 aromatic rings. The van der Waals surface area contributed by atoms with Crippen LogP contribution in [-0.2, 0) is 0 Å². The van der Waals surface area contributed by atoms with Gasteiger partial charge in [-0.25, -0.2) is 0 Å². The van der Waals surface area contributed by atoms with Crippen molar-refractivity contribution < 1.29 is 19.7 Å². The molecule has 4 nitrogen and oxygen atoms in total. The Labute approximate surface area is 152 Å². The molecule has 0 saturated carbocycles. The van der Waals surface area contributed by atoms with Crippen LogP contribution in [0.15, 0.2) is 57.5 Å². The van der Waals surface area contributed by atoms with Crippen LogP contribution in [0.25, 0.3) is 0 Å². The molecule has 124 valence electrons. The molecule has 0 radical (unpaired) electrons. The predicted molar refractivity (Wildman–Crippen MR) is 95.9 cm³/mol. The minimum atomic E-state index is -0.762. The van der Waals surface area contributed by atoms with E-state index in [0.29, 0.717) is 11.5 Å². The van der Waals surface area contributed by atoms with Crippen molar-refractivity contribution >= 4 is 31.9 Å². The maximum absolute atomic E-state index is 9.91. The standard InChI is InChI=1S/C17H18Br2O4/c18-12-1-5-16(6-2-12)22-10-14(20)9-15(21)11-23-17-7-3-13(19)4-8-17/h1-8,14-15,20-21H,9-11H2. The zero-order valence-electron chi connectivity index (χ0n) is 12.4. The first-order valence-electron chi connectivity index (χ1n) is 7.16. The van der Waals surface area contributed by atoms with Crippen LogP contribution < -0.4 is 9.47 Å². The van der Waals surface area contributed by atoms with Crippen LogP contribution in [-0.4, -0.2) is 35.6 Å². The molecule has 0 saturated heterocycles. The molecule has 2 N–H and O–H groups in total. The number of ether oxygens (including phenoxy) is 2. The highest BCUT2D eigenvalue weighted by atomic mass is 79.9. The molecule has 2 aromatic carbocycles. The fraction of sp³-hybridized carbons (Fsp3) is 0.294. The molecular formula is C17H18Br2O4. The van der Waals surface area contributed by atoms with E-state index in [2.05, 4.69) is 31.9 Å². The van der Waals surface area contributed by atoms with Crippen molar-refractivity contribution in [1.29, 1.82) is 0 Å². The fourth-order valence-corrected chi connectivity index (χ4v) is 2.43. The van der Waals surface area contributed by atoms with Gasteiger partial charge in [0.05, 0.1) is 12.2 Å². The summed E-state index contributed by atoms with van der Waals surface area (Å²) in [6.45, 7) is 0.244. The van der Waals surface area contributed by atoms with Crippen LogP contribution >= 0.6 is 31.9 Å².